The van der Waals surface area contributed by atoms with Gasteiger partial charge in [-0.05, 0) is 84.9 Å². The molecular formula is C23H26FN. The number of halogens is 1. The van der Waals surface area contributed by atoms with Crippen LogP contribution in [0.5, 0.6) is 0 Å². The summed E-state index contributed by atoms with van der Waals surface area (Å²) >= 11 is 0. The summed E-state index contributed by atoms with van der Waals surface area (Å²) in [6.07, 6.45) is 9.21. The maximum atomic E-state index is 14.6. The van der Waals surface area contributed by atoms with Gasteiger partial charge in [0.05, 0.1) is 11.6 Å². The molecule has 0 radical (unpaired) electrons. The number of nitriles is 1. The summed E-state index contributed by atoms with van der Waals surface area (Å²) in [4.78, 5) is 0. The lowest BCUT2D eigenvalue weighted by atomic mass is 9.63. The van der Waals surface area contributed by atoms with E-state index in [-0.39, 0.29) is 5.82 Å². The van der Waals surface area contributed by atoms with Crippen molar-refractivity contribution in [2.45, 2.75) is 57.8 Å². The van der Waals surface area contributed by atoms with Crippen molar-refractivity contribution in [2.24, 2.45) is 17.8 Å². The summed E-state index contributed by atoms with van der Waals surface area (Å²) in [6.45, 7) is 2.33. The van der Waals surface area contributed by atoms with E-state index in [4.69, 9.17) is 5.26 Å². The number of benzene rings is 2. The van der Waals surface area contributed by atoms with E-state index in [9.17, 15) is 4.39 Å². The standard InChI is InChI=1S/C23H26FN/c1-2-15-3-5-18-11-19(8-7-17(18)9-15)21-12-20-6-4-16(14-25)10-22(20)23(24)13-21/h4,6,10,12-13,15,17-19H,2-3,5,7-9,11H2,1H3. The molecule has 2 aromatic rings. The average molecular weight is 335 g/mol. The lowest BCUT2D eigenvalue weighted by molar-refractivity contribution is 0.116. The molecule has 25 heavy (non-hydrogen) atoms. The first-order chi connectivity index (χ1) is 12.2. The molecule has 2 aromatic carbocycles. The number of hydrogen-bond donors (Lipinski definition) is 0. The van der Waals surface area contributed by atoms with Crippen molar-refractivity contribution >= 4 is 10.8 Å². The summed E-state index contributed by atoms with van der Waals surface area (Å²) in [6, 6.07) is 11.3. The summed E-state index contributed by atoms with van der Waals surface area (Å²) in [7, 11) is 0. The molecule has 2 saturated carbocycles. The summed E-state index contributed by atoms with van der Waals surface area (Å²) < 4.78 is 14.6. The minimum Gasteiger partial charge on any atom is -0.206 e. The molecule has 2 fully saturated rings. The topological polar surface area (TPSA) is 23.8 Å². The number of fused-ring (bicyclic) bond motifs is 2. The van der Waals surface area contributed by atoms with Crippen molar-refractivity contribution in [1.29, 1.82) is 5.26 Å². The maximum Gasteiger partial charge on any atom is 0.131 e. The van der Waals surface area contributed by atoms with Gasteiger partial charge in [-0.3, -0.25) is 0 Å². The van der Waals surface area contributed by atoms with Crippen LogP contribution in [0.1, 0.15) is 68.9 Å². The van der Waals surface area contributed by atoms with Gasteiger partial charge in [0, 0.05) is 5.39 Å². The first-order valence-electron chi connectivity index (χ1n) is 9.81. The molecule has 0 N–H and O–H groups in total. The molecule has 130 valence electrons. The Morgan fingerprint density at radius 2 is 1.84 bits per heavy atom. The highest BCUT2D eigenvalue weighted by molar-refractivity contribution is 5.85. The van der Waals surface area contributed by atoms with Crippen LogP contribution < -0.4 is 0 Å². The van der Waals surface area contributed by atoms with Crippen molar-refractivity contribution in [3.63, 3.8) is 0 Å². The molecule has 4 unspecified atom stereocenters. The Labute approximate surface area is 149 Å². The molecule has 0 heterocycles. The van der Waals surface area contributed by atoms with Crippen molar-refractivity contribution in [3.8, 4) is 6.07 Å². The largest absolute Gasteiger partial charge is 0.206 e. The Hall–Kier alpha value is -1.88. The van der Waals surface area contributed by atoms with Crippen LogP contribution in [0.15, 0.2) is 30.3 Å². The Balaban J connectivity index is 1.58. The second kappa shape index (κ2) is 6.79. The van der Waals surface area contributed by atoms with Gasteiger partial charge in [0.15, 0.2) is 0 Å². The second-order valence-electron chi connectivity index (χ2n) is 8.17. The first kappa shape index (κ1) is 16.6. The molecule has 0 bridgehead atoms. The lowest BCUT2D eigenvalue weighted by Gasteiger charge is -2.42. The van der Waals surface area contributed by atoms with E-state index in [0.717, 1.165) is 28.7 Å². The lowest BCUT2D eigenvalue weighted by Crippen LogP contribution is -2.30. The molecule has 2 aliphatic rings. The fourth-order valence-corrected chi connectivity index (χ4v) is 5.30. The minimum absolute atomic E-state index is 0.179. The van der Waals surface area contributed by atoms with Gasteiger partial charge in [0.25, 0.3) is 0 Å². The molecule has 0 amide bonds. The maximum absolute atomic E-state index is 14.6. The van der Waals surface area contributed by atoms with Gasteiger partial charge in [-0.25, -0.2) is 4.39 Å². The van der Waals surface area contributed by atoms with E-state index >= 15 is 0 Å². The van der Waals surface area contributed by atoms with Crippen molar-refractivity contribution in [3.05, 3.63) is 47.3 Å². The molecule has 0 saturated heterocycles. The van der Waals surface area contributed by atoms with Crippen LogP contribution in [0.2, 0.25) is 0 Å². The molecule has 0 aliphatic heterocycles. The van der Waals surface area contributed by atoms with E-state index in [1.807, 2.05) is 6.07 Å². The quantitative estimate of drug-likeness (QED) is 0.609. The monoisotopic (exact) mass is 335 g/mol. The van der Waals surface area contributed by atoms with Crippen LogP contribution in [0, 0.1) is 34.9 Å². The van der Waals surface area contributed by atoms with Gasteiger partial charge in [-0.15, -0.1) is 0 Å². The van der Waals surface area contributed by atoms with E-state index in [1.165, 1.54) is 44.9 Å². The number of rotatable bonds is 2. The predicted octanol–water partition coefficient (Wildman–Crippen LogP) is 6.56. The molecular weight excluding hydrogens is 309 g/mol. The van der Waals surface area contributed by atoms with Gasteiger partial charge in [-0.1, -0.05) is 31.9 Å². The van der Waals surface area contributed by atoms with E-state index < -0.39 is 0 Å². The van der Waals surface area contributed by atoms with Crippen molar-refractivity contribution in [2.75, 3.05) is 0 Å². The predicted molar refractivity (Wildman–Crippen MR) is 99.8 cm³/mol. The molecule has 4 atom stereocenters. The van der Waals surface area contributed by atoms with E-state index in [0.29, 0.717) is 16.9 Å². The Morgan fingerprint density at radius 1 is 1.04 bits per heavy atom. The van der Waals surface area contributed by atoms with Gasteiger partial charge in [0.1, 0.15) is 5.82 Å². The average Bonchev–Trinajstić information content (AvgIpc) is 2.66. The highest BCUT2D eigenvalue weighted by Gasteiger charge is 2.35. The van der Waals surface area contributed by atoms with Gasteiger partial charge in [-0.2, -0.15) is 5.26 Å². The van der Waals surface area contributed by atoms with Crippen molar-refractivity contribution in [1.82, 2.24) is 0 Å². The van der Waals surface area contributed by atoms with Crippen molar-refractivity contribution < 1.29 is 4.39 Å². The zero-order valence-electron chi connectivity index (χ0n) is 15.0. The van der Waals surface area contributed by atoms with Gasteiger partial charge >= 0.3 is 0 Å². The first-order valence-corrected chi connectivity index (χ1v) is 9.81. The molecule has 1 nitrogen and oxygen atoms in total. The van der Waals surface area contributed by atoms with Crippen LogP contribution >= 0.6 is 0 Å². The van der Waals surface area contributed by atoms with Gasteiger partial charge < -0.3 is 0 Å². The van der Waals surface area contributed by atoms with Gasteiger partial charge in [0.2, 0.25) is 0 Å². The smallest absolute Gasteiger partial charge is 0.131 e. The highest BCUT2D eigenvalue weighted by atomic mass is 19.1. The third-order valence-electron chi connectivity index (χ3n) is 6.83. The summed E-state index contributed by atoms with van der Waals surface area (Å²) in [5.41, 5.74) is 1.68. The van der Waals surface area contributed by atoms with E-state index in [2.05, 4.69) is 19.1 Å². The second-order valence-corrected chi connectivity index (χ2v) is 8.17. The minimum atomic E-state index is -0.179. The highest BCUT2D eigenvalue weighted by Crippen LogP contribution is 2.48. The normalized spacial score (nSPS) is 29.2. The fourth-order valence-electron chi connectivity index (χ4n) is 5.30. The molecule has 2 heteroatoms. The van der Waals surface area contributed by atoms with Crippen LogP contribution in [0.25, 0.3) is 10.8 Å². The van der Waals surface area contributed by atoms with Crippen LogP contribution in [-0.4, -0.2) is 0 Å². The molecule has 2 aliphatic carbocycles. The fraction of sp³-hybridized carbons (Fsp3) is 0.522. The third kappa shape index (κ3) is 3.17. The summed E-state index contributed by atoms with van der Waals surface area (Å²) in [5.74, 6) is 2.99. The Bertz CT molecular complexity index is 819. The Morgan fingerprint density at radius 3 is 2.64 bits per heavy atom. The zero-order valence-corrected chi connectivity index (χ0v) is 15.0. The van der Waals surface area contributed by atoms with E-state index in [1.54, 1.807) is 18.2 Å². The molecule has 4 rings (SSSR count). The SMILES string of the molecule is CCC1CCC2CC(c3cc(F)c4cc(C#N)ccc4c3)CCC2C1. The van der Waals surface area contributed by atoms with Crippen LogP contribution in [0.4, 0.5) is 4.39 Å². The Kier molecular flexibility index (Phi) is 4.50. The molecule has 0 spiro atoms. The van der Waals surface area contributed by atoms with Crippen LogP contribution in [0.3, 0.4) is 0 Å². The third-order valence-corrected chi connectivity index (χ3v) is 6.83. The number of nitrogens with zero attached hydrogens (tertiary/aromatic N) is 1. The number of hydrogen-bond acceptors (Lipinski definition) is 1. The van der Waals surface area contributed by atoms with Crippen LogP contribution in [-0.2, 0) is 0 Å². The molecule has 0 aromatic heterocycles. The zero-order chi connectivity index (χ0) is 17.4. The summed E-state index contributed by atoms with van der Waals surface area (Å²) in [5, 5.41) is 10.5.